The summed E-state index contributed by atoms with van der Waals surface area (Å²) >= 11 is 25.5. The number of ether oxygens (including phenoxy) is 1. The first-order valence-electron chi connectivity index (χ1n) is 10.2. The highest BCUT2D eigenvalue weighted by molar-refractivity contribution is 6.38. The number of allylic oxidation sites excluding steroid dienone is 2. The lowest BCUT2D eigenvalue weighted by Gasteiger charge is -2.23. The third-order valence-electron chi connectivity index (χ3n) is 5.20. The molecular formula is C23H18Cl4N4O3. The molecular weight excluding hydrogens is 522 g/mol. The van der Waals surface area contributed by atoms with Gasteiger partial charge in [0.1, 0.15) is 6.10 Å². The van der Waals surface area contributed by atoms with Gasteiger partial charge in [0.2, 0.25) is 0 Å². The number of cyclic esters (lactones) is 1. The number of aryl methyl sites for hydroxylation is 1. The van der Waals surface area contributed by atoms with Crippen LogP contribution in [0.4, 0.5) is 0 Å². The molecule has 0 spiro atoms. The molecule has 11 heteroatoms. The monoisotopic (exact) mass is 538 g/mol. The predicted octanol–water partition coefficient (Wildman–Crippen LogP) is 5.41. The van der Waals surface area contributed by atoms with E-state index >= 15 is 0 Å². The van der Waals surface area contributed by atoms with Crippen molar-refractivity contribution in [1.29, 1.82) is 0 Å². The number of aromatic nitrogens is 4. The number of aliphatic hydroxyl groups is 1. The average molecular weight is 540 g/mol. The van der Waals surface area contributed by atoms with Crippen LogP contribution in [0.2, 0.25) is 20.1 Å². The van der Waals surface area contributed by atoms with Crippen molar-refractivity contribution in [2.24, 2.45) is 7.05 Å². The molecule has 1 aliphatic rings. The number of hydrogen-bond acceptors (Lipinski definition) is 6. The van der Waals surface area contributed by atoms with Crippen molar-refractivity contribution >= 4 is 63.5 Å². The second kappa shape index (κ2) is 10.5. The number of rotatable bonds is 5. The minimum absolute atomic E-state index is 0.0355. The summed E-state index contributed by atoms with van der Waals surface area (Å²) in [5.74, 6) is -0.0630. The van der Waals surface area contributed by atoms with Crippen LogP contribution in [-0.2, 0) is 16.6 Å². The van der Waals surface area contributed by atoms with Gasteiger partial charge < -0.3 is 9.84 Å². The molecule has 0 amide bonds. The standard InChI is InChI=1S/C23H18Cl4N4O3/c1-31-23(28-29-30-31)18(7-4-15-10-14(32)11-21(33)34-15)22(16-5-2-12(24)8-19(16)26)17-6-3-13(25)9-20(17)27/h2-9,14-15,32H,10-11H2,1H3/t14-,15-/m1/s1. The van der Waals surface area contributed by atoms with Crippen molar-refractivity contribution in [3.63, 3.8) is 0 Å². The Morgan fingerprint density at radius 1 is 1.09 bits per heavy atom. The molecule has 2 heterocycles. The Hall–Kier alpha value is -2.42. The maximum Gasteiger partial charge on any atom is 0.309 e. The Labute approximate surface area is 215 Å². The fourth-order valence-corrected chi connectivity index (χ4v) is 4.68. The van der Waals surface area contributed by atoms with E-state index in [9.17, 15) is 9.90 Å². The number of aliphatic hydroxyl groups excluding tert-OH is 1. The Kier molecular flexibility index (Phi) is 7.60. The van der Waals surface area contributed by atoms with Gasteiger partial charge in [0.25, 0.3) is 0 Å². The summed E-state index contributed by atoms with van der Waals surface area (Å²) < 4.78 is 6.87. The van der Waals surface area contributed by atoms with E-state index < -0.39 is 18.2 Å². The molecule has 0 bridgehead atoms. The van der Waals surface area contributed by atoms with Crippen LogP contribution < -0.4 is 0 Å². The van der Waals surface area contributed by atoms with Gasteiger partial charge >= 0.3 is 5.97 Å². The van der Waals surface area contributed by atoms with Gasteiger partial charge in [-0.15, -0.1) is 5.10 Å². The fraction of sp³-hybridized carbons (Fsp3) is 0.217. The normalized spacial score (nSPS) is 18.2. The first kappa shape index (κ1) is 24.7. The number of halogens is 4. The van der Waals surface area contributed by atoms with Crippen molar-refractivity contribution in [1.82, 2.24) is 20.2 Å². The average Bonchev–Trinajstić information content (AvgIpc) is 3.17. The number of hydrogen-bond donors (Lipinski definition) is 1. The van der Waals surface area contributed by atoms with E-state index in [-0.39, 0.29) is 12.8 Å². The van der Waals surface area contributed by atoms with Gasteiger partial charge in [-0.05, 0) is 40.8 Å². The van der Waals surface area contributed by atoms with Crippen molar-refractivity contribution in [3.8, 4) is 0 Å². The van der Waals surface area contributed by atoms with E-state index in [1.165, 1.54) is 4.68 Å². The van der Waals surface area contributed by atoms with Crippen LogP contribution in [0.15, 0.2) is 48.6 Å². The molecule has 2 atom stereocenters. The highest BCUT2D eigenvalue weighted by Crippen LogP contribution is 2.40. The van der Waals surface area contributed by atoms with Crippen LogP contribution >= 0.6 is 46.4 Å². The molecule has 0 unspecified atom stereocenters. The van der Waals surface area contributed by atoms with E-state index in [1.807, 2.05) is 0 Å². The molecule has 0 aliphatic carbocycles. The van der Waals surface area contributed by atoms with Gasteiger partial charge in [0, 0.05) is 55.8 Å². The van der Waals surface area contributed by atoms with Gasteiger partial charge in [-0.2, -0.15) is 0 Å². The molecule has 1 saturated heterocycles. The SMILES string of the molecule is Cn1nnnc1C(C=C[C@@H]1C[C@@H](O)CC(=O)O1)=C(c1ccc(Cl)cc1Cl)c1ccc(Cl)cc1Cl. The highest BCUT2D eigenvalue weighted by Gasteiger charge is 2.26. The molecule has 1 fully saturated rings. The van der Waals surface area contributed by atoms with Crippen LogP contribution in [0.3, 0.4) is 0 Å². The highest BCUT2D eigenvalue weighted by atomic mass is 35.5. The molecule has 0 saturated carbocycles. The third-order valence-corrected chi connectivity index (χ3v) is 6.29. The molecule has 3 aromatic rings. The van der Waals surface area contributed by atoms with Crippen LogP contribution in [0.1, 0.15) is 29.8 Å². The van der Waals surface area contributed by atoms with Crippen LogP contribution in [0, 0.1) is 0 Å². The van der Waals surface area contributed by atoms with E-state index in [4.69, 9.17) is 51.1 Å². The molecule has 176 valence electrons. The van der Waals surface area contributed by atoms with E-state index in [2.05, 4.69) is 15.5 Å². The number of esters is 1. The summed E-state index contributed by atoms with van der Waals surface area (Å²) in [6.07, 6.45) is 2.23. The zero-order chi connectivity index (χ0) is 24.4. The van der Waals surface area contributed by atoms with E-state index in [1.54, 1.807) is 55.6 Å². The summed E-state index contributed by atoms with van der Waals surface area (Å²) in [5.41, 5.74) is 2.41. The molecule has 1 aliphatic heterocycles. The Balaban J connectivity index is 1.98. The summed E-state index contributed by atoms with van der Waals surface area (Å²) in [4.78, 5) is 11.8. The number of carbonyl (C=O) groups excluding carboxylic acids is 1. The largest absolute Gasteiger partial charge is 0.458 e. The summed E-state index contributed by atoms with van der Waals surface area (Å²) in [6, 6.07) is 10.2. The van der Waals surface area contributed by atoms with Crippen LogP contribution in [0.5, 0.6) is 0 Å². The molecule has 4 rings (SSSR count). The molecule has 2 aromatic carbocycles. The van der Waals surface area contributed by atoms with Crippen molar-refractivity contribution in [2.45, 2.75) is 25.0 Å². The first-order valence-corrected chi connectivity index (χ1v) is 11.7. The van der Waals surface area contributed by atoms with Gasteiger partial charge in [-0.25, -0.2) is 4.68 Å². The van der Waals surface area contributed by atoms with Crippen LogP contribution in [0.25, 0.3) is 11.1 Å². The molecule has 34 heavy (non-hydrogen) atoms. The third kappa shape index (κ3) is 5.45. The Morgan fingerprint density at radius 3 is 2.21 bits per heavy atom. The lowest BCUT2D eigenvalue weighted by Crippen LogP contribution is -2.31. The van der Waals surface area contributed by atoms with Gasteiger partial charge in [0.05, 0.1) is 12.5 Å². The van der Waals surface area contributed by atoms with Gasteiger partial charge in [0.15, 0.2) is 5.82 Å². The van der Waals surface area contributed by atoms with Gasteiger partial charge in [-0.3, -0.25) is 4.79 Å². The summed E-state index contributed by atoms with van der Waals surface area (Å²) in [7, 11) is 1.69. The fourth-order valence-electron chi connectivity index (χ4n) is 3.68. The Morgan fingerprint density at radius 2 is 1.71 bits per heavy atom. The van der Waals surface area contributed by atoms with Gasteiger partial charge in [-0.1, -0.05) is 64.6 Å². The summed E-state index contributed by atoms with van der Waals surface area (Å²) in [6.45, 7) is 0. The van der Waals surface area contributed by atoms with E-state index in [0.717, 1.165) is 0 Å². The maximum atomic E-state index is 11.8. The lowest BCUT2D eigenvalue weighted by molar-refractivity contribution is -0.156. The second-order valence-electron chi connectivity index (χ2n) is 7.64. The molecule has 0 radical (unpaired) electrons. The molecule has 7 nitrogen and oxygen atoms in total. The second-order valence-corrected chi connectivity index (χ2v) is 9.33. The van der Waals surface area contributed by atoms with Crippen molar-refractivity contribution in [3.05, 3.63) is 85.6 Å². The summed E-state index contributed by atoms with van der Waals surface area (Å²) in [5, 5.41) is 23.6. The Bertz CT molecular complexity index is 1250. The number of benzene rings is 2. The molecule has 1 aromatic heterocycles. The first-order chi connectivity index (χ1) is 16.2. The zero-order valence-electron chi connectivity index (χ0n) is 17.8. The minimum atomic E-state index is -0.782. The lowest BCUT2D eigenvalue weighted by atomic mass is 9.91. The van der Waals surface area contributed by atoms with Crippen molar-refractivity contribution < 1.29 is 14.6 Å². The zero-order valence-corrected chi connectivity index (χ0v) is 20.8. The van der Waals surface area contributed by atoms with Crippen LogP contribution in [-0.4, -0.2) is 43.5 Å². The predicted molar refractivity (Wildman–Crippen MR) is 132 cm³/mol. The number of carbonyl (C=O) groups is 1. The minimum Gasteiger partial charge on any atom is -0.458 e. The van der Waals surface area contributed by atoms with Crippen molar-refractivity contribution in [2.75, 3.05) is 0 Å². The molecule has 1 N–H and O–H groups in total. The number of nitrogens with zero attached hydrogens (tertiary/aromatic N) is 4. The topological polar surface area (TPSA) is 90.1 Å². The smallest absolute Gasteiger partial charge is 0.309 e. The van der Waals surface area contributed by atoms with E-state index in [0.29, 0.717) is 48.2 Å². The quantitative estimate of drug-likeness (QED) is 0.344. The maximum absolute atomic E-state index is 11.8. The number of tetrazole rings is 1.